The minimum atomic E-state index is -0.725. The second-order valence-electron chi connectivity index (χ2n) is 6.76. The maximum atomic E-state index is 13.1. The predicted octanol–water partition coefficient (Wildman–Crippen LogP) is 2.69. The fraction of sp³-hybridized carbons (Fsp3) is 0.444. The zero-order chi connectivity index (χ0) is 17.1. The van der Waals surface area contributed by atoms with Gasteiger partial charge < -0.3 is 14.4 Å². The summed E-state index contributed by atoms with van der Waals surface area (Å²) >= 11 is 3.50. The topological polar surface area (TPSA) is 55.8 Å². The molecule has 3 aliphatic heterocycles. The highest BCUT2D eigenvalue weighted by atomic mass is 79.9. The van der Waals surface area contributed by atoms with E-state index in [2.05, 4.69) is 15.9 Å². The van der Waals surface area contributed by atoms with Crippen LogP contribution in [0.4, 0.5) is 5.69 Å². The Morgan fingerprint density at radius 1 is 1.42 bits per heavy atom. The smallest absolute Gasteiger partial charge is 0.313 e. The summed E-state index contributed by atoms with van der Waals surface area (Å²) in [7, 11) is 0. The van der Waals surface area contributed by atoms with Crippen LogP contribution in [0.15, 0.2) is 40.9 Å². The van der Waals surface area contributed by atoms with Gasteiger partial charge >= 0.3 is 5.97 Å². The zero-order valence-corrected chi connectivity index (χ0v) is 15.0. The van der Waals surface area contributed by atoms with Gasteiger partial charge in [0.1, 0.15) is 11.5 Å². The normalized spacial score (nSPS) is 33.4. The SMILES string of the molecule is CC(C)OC(=O)[C@H]1[C@H]2C=C[C@@]3(CN(c4ccccc4Br)C(=O)[C@@H]13)O2. The van der Waals surface area contributed by atoms with E-state index in [9.17, 15) is 9.59 Å². The maximum absolute atomic E-state index is 13.1. The van der Waals surface area contributed by atoms with Crippen molar-refractivity contribution in [3.8, 4) is 0 Å². The van der Waals surface area contributed by atoms with E-state index >= 15 is 0 Å². The van der Waals surface area contributed by atoms with Crippen LogP contribution in [0.3, 0.4) is 0 Å². The Bertz CT molecular complexity index is 746. The molecule has 1 spiro atoms. The van der Waals surface area contributed by atoms with Crippen LogP contribution in [-0.2, 0) is 19.1 Å². The quantitative estimate of drug-likeness (QED) is 0.587. The number of benzene rings is 1. The highest BCUT2D eigenvalue weighted by Gasteiger charge is 2.67. The number of anilines is 1. The Kier molecular flexibility index (Phi) is 3.58. The summed E-state index contributed by atoms with van der Waals surface area (Å²) in [6.07, 6.45) is 3.24. The minimum absolute atomic E-state index is 0.0838. The van der Waals surface area contributed by atoms with Gasteiger partial charge in [0.05, 0.1) is 30.4 Å². The van der Waals surface area contributed by atoms with E-state index in [1.165, 1.54) is 0 Å². The Hall–Kier alpha value is -1.66. The van der Waals surface area contributed by atoms with Crippen molar-refractivity contribution in [3.05, 3.63) is 40.9 Å². The van der Waals surface area contributed by atoms with E-state index in [0.717, 1.165) is 10.2 Å². The average Bonchev–Trinajstić information content (AvgIpc) is 3.15. The van der Waals surface area contributed by atoms with Crippen molar-refractivity contribution >= 4 is 33.5 Å². The van der Waals surface area contributed by atoms with Gasteiger partial charge in [0.25, 0.3) is 0 Å². The van der Waals surface area contributed by atoms with Crippen molar-refractivity contribution in [2.45, 2.75) is 31.7 Å². The predicted molar refractivity (Wildman–Crippen MR) is 91.4 cm³/mol. The molecule has 1 aromatic carbocycles. The number of esters is 1. The van der Waals surface area contributed by atoms with E-state index in [4.69, 9.17) is 9.47 Å². The minimum Gasteiger partial charge on any atom is -0.463 e. The summed E-state index contributed by atoms with van der Waals surface area (Å²) in [6.45, 7) is 4.03. The number of hydrogen-bond acceptors (Lipinski definition) is 4. The molecular formula is C18H18BrNO4. The number of fused-ring (bicyclic) bond motifs is 1. The third kappa shape index (κ3) is 2.16. The largest absolute Gasteiger partial charge is 0.463 e. The summed E-state index contributed by atoms with van der Waals surface area (Å²) < 4.78 is 12.3. The number of ether oxygens (including phenoxy) is 2. The van der Waals surface area contributed by atoms with Crippen LogP contribution < -0.4 is 4.90 Å². The Morgan fingerprint density at radius 3 is 2.88 bits per heavy atom. The number of rotatable bonds is 3. The van der Waals surface area contributed by atoms with E-state index in [-0.39, 0.29) is 24.1 Å². The van der Waals surface area contributed by atoms with Crippen molar-refractivity contribution in [2.75, 3.05) is 11.4 Å². The first-order valence-corrected chi connectivity index (χ1v) is 8.86. The first-order chi connectivity index (χ1) is 11.4. The molecule has 4 rings (SSSR count). The first kappa shape index (κ1) is 15.8. The first-order valence-electron chi connectivity index (χ1n) is 8.06. The van der Waals surface area contributed by atoms with Gasteiger partial charge in [-0.3, -0.25) is 9.59 Å². The number of halogens is 1. The zero-order valence-electron chi connectivity index (χ0n) is 13.4. The number of para-hydroxylation sites is 1. The van der Waals surface area contributed by atoms with Crippen LogP contribution in [0.1, 0.15) is 13.8 Å². The molecule has 0 saturated carbocycles. The van der Waals surface area contributed by atoms with Gasteiger partial charge in [0, 0.05) is 4.47 Å². The lowest BCUT2D eigenvalue weighted by atomic mass is 9.77. The molecule has 2 fully saturated rings. The summed E-state index contributed by atoms with van der Waals surface area (Å²) in [5.74, 6) is -1.53. The van der Waals surface area contributed by atoms with Gasteiger partial charge in [-0.1, -0.05) is 24.3 Å². The molecule has 1 amide bonds. The van der Waals surface area contributed by atoms with E-state index in [1.54, 1.807) is 18.7 Å². The molecule has 0 aliphatic carbocycles. The monoisotopic (exact) mass is 391 g/mol. The molecule has 2 bridgehead atoms. The van der Waals surface area contributed by atoms with Gasteiger partial charge in [0.2, 0.25) is 5.91 Å². The molecule has 1 aromatic rings. The van der Waals surface area contributed by atoms with Crippen LogP contribution in [0.2, 0.25) is 0 Å². The maximum Gasteiger partial charge on any atom is 0.313 e. The average molecular weight is 392 g/mol. The molecular weight excluding hydrogens is 374 g/mol. The van der Waals surface area contributed by atoms with Gasteiger partial charge in [0.15, 0.2) is 0 Å². The molecule has 6 heteroatoms. The van der Waals surface area contributed by atoms with Crippen LogP contribution in [0.5, 0.6) is 0 Å². The number of amides is 1. The number of carbonyl (C=O) groups excluding carboxylic acids is 2. The van der Waals surface area contributed by atoms with E-state index in [0.29, 0.717) is 6.54 Å². The van der Waals surface area contributed by atoms with Crippen molar-refractivity contribution in [1.29, 1.82) is 0 Å². The van der Waals surface area contributed by atoms with Crippen molar-refractivity contribution in [3.63, 3.8) is 0 Å². The molecule has 5 nitrogen and oxygen atoms in total. The van der Waals surface area contributed by atoms with Gasteiger partial charge in [-0.25, -0.2) is 0 Å². The van der Waals surface area contributed by atoms with Gasteiger partial charge in [-0.15, -0.1) is 0 Å². The van der Waals surface area contributed by atoms with Crippen molar-refractivity contribution in [1.82, 2.24) is 0 Å². The summed E-state index contributed by atoms with van der Waals surface area (Å²) in [5, 5.41) is 0. The Labute approximate surface area is 148 Å². The summed E-state index contributed by atoms with van der Waals surface area (Å²) in [4.78, 5) is 27.3. The second-order valence-corrected chi connectivity index (χ2v) is 7.62. The molecule has 0 aromatic heterocycles. The molecule has 0 unspecified atom stereocenters. The lowest BCUT2D eigenvalue weighted by molar-refractivity contribution is -0.156. The fourth-order valence-electron chi connectivity index (χ4n) is 3.95. The van der Waals surface area contributed by atoms with Crippen LogP contribution in [-0.4, -0.2) is 36.2 Å². The lowest BCUT2D eigenvalue weighted by Crippen LogP contribution is -2.40. The van der Waals surface area contributed by atoms with Crippen LogP contribution >= 0.6 is 15.9 Å². The highest BCUT2D eigenvalue weighted by Crippen LogP contribution is 2.53. The molecule has 126 valence electrons. The Balaban J connectivity index is 1.69. The van der Waals surface area contributed by atoms with E-state index in [1.807, 2.05) is 36.4 Å². The molecule has 0 radical (unpaired) electrons. The van der Waals surface area contributed by atoms with Gasteiger partial charge in [-0.2, -0.15) is 0 Å². The van der Waals surface area contributed by atoms with Crippen molar-refractivity contribution in [2.24, 2.45) is 11.8 Å². The van der Waals surface area contributed by atoms with Crippen molar-refractivity contribution < 1.29 is 19.1 Å². The number of hydrogen-bond donors (Lipinski definition) is 0. The third-order valence-corrected chi connectivity index (χ3v) is 5.54. The lowest BCUT2D eigenvalue weighted by Gasteiger charge is -2.23. The molecule has 3 heterocycles. The fourth-order valence-corrected chi connectivity index (χ4v) is 4.45. The molecule has 24 heavy (non-hydrogen) atoms. The molecule has 0 N–H and O–H groups in total. The highest BCUT2D eigenvalue weighted by molar-refractivity contribution is 9.10. The van der Waals surface area contributed by atoms with Gasteiger partial charge in [-0.05, 0) is 41.9 Å². The summed E-state index contributed by atoms with van der Waals surface area (Å²) in [5.41, 5.74) is 0.0697. The second kappa shape index (κ2) is 5.43. The summed E-state index contributed by atoms with van der Waals surface area (Å²) in [6, 6.07) is 7.57. The molecule has 4 atom stereocenters. The van der Waals surface area contributed by atoms with E-state index < -0.39 is 17.4 Å². The molecule has 2 saturated heterocycles. The Morgan fingerprint density at radius 2 is 2.17 bits per heavy atom. The number of carbonyl (C=O) groups is 2. The standard InChI is InChI=1S/C18H18BrNO4/c1-10(2)23-17(22)14-13-7-8-18(24-13)9-20(16(21)15(14)18)12-6-4-3-5-11(12)19/h3-8,10,13-15H,9H2,1-2H3/t13-,14+,15-,18+/m1/s1. The third-order valence-electron chi connectivity index (χ3n) is 4.87. The number of nitrogens with zero attached hydrogens (tertiary/aromatic N) is 1. The van der Waals surface area contributed by atoms with Crippen LogP contribution in [0, 0.1) is 11.8 Å². The molecule has 3 aliphatic rings. The van der Waals surface area contributed by atoms with Crippen LogP contribution in [0.25, 0.3) is 0 Å².